The molecule has 0 aliphatic rings. The fourth-order valence-corrected chi connectivity index (χ4v) is 2.29. The van der Waals surface area contributed by atoms with Gasteiger partial charge >= 0.3 is 5.97 Å². The van der Waals surface area contributed by atoms with E-state index in [-0.39, 0.29) is 5.56 Å². The van der Waals surface area contributed by atoms with Gasteiger partial charge in [0.15, 0.2) is 0 Å². The molecule has 104 valence electrons. The summed E-state index contributed by atoms with van der Waals surface area (Å²) >= 11 is 0. The number of nitrogens with one attached hydrogen (secondary N) is 1. The SMILES string of the molecule is Cc1ccccc1Nc1c(C(=O)O)cnc2ccccc12. The Morgan fingerprint density at radius 2 is 1.81 bits per heavy atom. The third-order valence-electron chi connectivity index (χ3n) is 3.41. The van der Waals surface area contributed by atoms with Gasteiger partial charge in [-0.15, -0.1) is 0 Å². The first-order chi connectivity index (χ1) is 10.2. The van der Waals surface area contributed by atoms with Crippen molar-refractivity contribution in [1.82, 2.24) is 4.98 Å². The summed E-state index contributed by atoms with van der Waals surface area (Å²) in [6.07, 6.45) is 1.39. The van der Waals surface area contributed by atoms with Crippen molar-refractivity contribution in [3.05, 3.63) is 65.9 Å². The molecule has 0 aliphatic carbocycles. The van der Waals surface area contributed by atoms with E-state index in [0.717, 1.165) is 22.2 Å². The number of carbonyl (C=O) groups is 1. The molecule has 0 spiro atoms. The number of carboxylic acids is 1. The summed E-state index contributed by atoms with van der Waals surface area (Å²) in [5.41, 5.74) is 3.43. The zero-order chi connectivity index (χ0) is 14.8. The van der Waals surface area contributed by atoms with E-state index in [1.54, 1.807) is 0 Å². The van der Waals surface area contributed by atoms with Crippen LogP contribution >= 0.6 is 0 Å². The van der Waals surface area contributed by atoms with Crippen LogP contribution in [0.15, 0.2) is 54.7 Å². The highest BCUT2D eigenvalue weighted by atomic mass is 16.4. The molecule has 2 N–H and O–H groups in total. The molecule has 4 heteroatoms. The molecule has 4 nitrogen and oxygen atoms in total. The van der Waals surface area contributed by atoms with Crippen molar-refractivity contribution in [2.45, 2.75) is 6.92 Å². The van der Waals surface area contributed by atoms with Crippen molar-refractivity contribution < 1.29 is 9.90 Å². The maximum Gasteiger partial charge on any atom is 0.339 e. The first kappa shape index (κ1) is 13.1. The molecule has 0 amide bonds. The van der Waals surface area contributed by atoms with Crippen LogP contribution in [-0.2, 0) is 0 Å². The van der Waals surface area contributed by atoms with Gasteiger partial charge in [0.25, 0.3) is 0 Å². The molecule has 21 heavy (non-hydrogen) atoms. The molecule has 0 aliphatic heterocycles. The molecule has 3 rings (SSSR count). The van der Waals surface area contributed by atoms with Gasteiger partial charge in [-0.25, -0.2) is 4.79 Å². The van der Waals surface area contributed by atoms with E-state index < -0.39 is 5.97 Å². The lowest BCUT2D eigenvalue weighted by Gasteiger charge is -2.14. The number of aryl methyl sites for hydroxylation is 1. The zero-order valence-electron chi connectivity index (χ0n) is 11.5. The number of rotatable bonds is 3. The Morgan fingerprint density at radius 3 is 2.57 bits per heavy atom. The average Bonchev–Trinajstić information content (AvgIpc) is 2.49. The molecule has 2 aromatic carbocycles. The van der Waals surface area contributed by atoms with Crippen LogP contribution in [0.2, 0.25) is 0 Å². The Morgan fingerprint density at radius 1 is 1.10 bits per heavy atom. The van der Waals surface area contributed by atoms with Crippen molar-refractivity contribution >= 4 is 28.2 Å². The number of carboxylic acid groups (broad SMARTS) is 1. The molecular weight excluding hydrogens is 264 g/mol. The third kappa shape index (κ3) is 2.43. The summed E-state index contributed by atoms with van der Waals surface area (Å²) in [6, 6.07) is 15.3. The average molecular weight is 278 g/mol. The number of pyridine rings is 1. The standard InChI is InChI=1S/C17H14N2O2/c1-11-6-2-4-8-14(11)19-16-12-7-3-5-9-15(12)18-10-13(16)17(20)21/h2-10H,1H3,(H,18,19)(H,20,21). The van der Waals surface area contributed by atoms with Crippen LogP contribution in [0.1, 0.15) is 15.9 Å². The number of fused-ring (bicyclic) bond motifs is 1. The van der Waals surface area contributed by atoms with Gasteiger partial charge in [-0.1, -0.05) is 36.4 Å². The highest BCUT2D eigenvalue weighted by Gasteiger charge is 2.15. The molecule has 0 saturated carbocycles. The molecule has 0 bridgehead atoms. The number of aromatic carboxylic acids is 1. The second-order valence-corrected chi connectivity index (χ2v) is 4.81. The fraction of sp³-hybridized carbons (Fsp3) is 0.0588. The normalized spacial score (nSPS) is 10.5. The monoisotopic (exact) mass is 278 g/mol. The lowest BCUT2D eigenvalue weighted by atomic mass is 10.1. The van der Waals surface area contributed by atoms with E-state index >= 15 is 0 Å². The molecule has 3 aromatic rings. The van der Waals surface area contributed by atoms with Gasteiger partial charge in [0.1, 0.15) is 5.56 Å². The van der Waals surface area contributed by atoms with Crippen LogP contribution in [-0.4, -0.2) is 16.1 Å². The number of hydrogen-bond donors (Lipinski definition) is 2. The minimum Gasteiger partial charge on any atom is -0.478 e. The topological polar surface area (TPSA) is 62.2 Å². The Balaban J connectivity index is 2.21. The summed E-state index contributed by atoms with van der Waals surface area (Å²) < 4.78 is 0. The van der Waals surface area contributed by atoms with Crippen molar-refractivity contribution in [3.63, 3.8) is 0 Å². The maximum atomic E-state index is 11.5. The van der Waals surface area contributed by atoms with Gasteiger partial charge in [0.05, 0.1) is 11.2 Å². The van der Waals surface area contributed by atoms with Gasteiger partial charge in [-0.2, -0.15) is 0 Å². The lowest BCUT2D eigenvalue weighted by Crippen LogP contribution is -2.05. The molecule has 1 heterocycles. The van der Waals surface area contributed by atoms with Gasteiger partial charge in [-0.05, 0) is 24.6 Å². The van der Waals surface area contributed by atoms with E-state index in [1.807, 2.05) is 55.5 Å². The molecule has 0 atom stereocenters. The van der Waals surface area contributed by atoms with Crippen molar-refractivity contribution in [3.8, 4) is 0 Å². The summed E-state index contributed by atoms with van der Waals surface area (Å²) in [5, 5.41) is 13.4. The van der Waals surface area contributed by atoms with Crippen LogP contribution in [0.5, 0.6) is 0 Å². The summed E-state index contributed by atoms with van der Waals surface area (Å²) in [4.78, 5) is 15.7. The van der Waals surface area contributed by atoms with Crippen molar-refractivity contribution in [2.75, 3.05) is 5.32 Å². The number of hydrogen-bond acceptors (Lipinski definition) is 3. The number of anilines is 2. The Labute approximate surface area is 122 Å². The van der Waals surface area contributed by atoms with Crippen molar-refractivity contribution in [1.29, 1.82) is 0 Å². The summed E-state index contributed by atoms with van der Waals surface area (Å²) in [7, 11) is 0. The van der Waals surface area contributed by atoms with E-state index in [4.69, 9.17) is 0 Å². The first-order valence-electron chi connectivity index (χ1n) is 6.60. The molecule has 0 fully saturated rings. The number of nitrogens with zero attached hydrogens (tertiary/aromatic N) is 1. The van der Waals surface area contributed by atoms with Gasteiger partial charge < -0.3 is 10.4 Å². The van der Waals surface area contributed by atoms with Crippen LogP contribution in [0.25, 0.3) is 10.9 Å². The van der Waals surface area contributed by atoms with Crippen LogP contribution in [0.3, 0.4) is 0 Å². The number of benzene rings is 2. The molecular formula is C17H14N2O2. The lowest BCUT2D eigenvalue weighted by molar-refractivity contribution is 0.0697. The van der Waals surface area contributed by atoms with E-state index in [0.29, 0.717) is 5.69 Å². The Bertz CT molecular complexity index is 828. The van der Waals surface area contributed by atoms with Gasteiger partial charge in [-0.3, -0.25) is 4.98 Å². The van der Waals surface area contributed by atoms with Crippen LogP contribution in [0.4, 0.5) is 11.4 Å². The summed E-state index contributed by atoms with van der Waals surface area (Å²) in [5.74, 6) is -0.996. The largest absolute Gasteiger partial charge is 0.478 e. The minimum atomic E-state index is -0.996. The van der Waals surface area contributed by atoms with Gasteiger partial charge in [0, 0.05) is 17.3 Å². The Kier molecular flexibility index (Phi) is 3.28. The third-order valence-corrected chi connectivity index (χ3v) is 3.41. The van der Waals surface area contributed by atoms with E-state index in [1.165, 1.54) is 6.20 Å². The highest BCUT2D eigenvalue weighted by molar-refractivity contribution is 6.05. The molecule has 0 unspecified atom stereocenters. The van der Waals surface area contributed by atoms with Crippen molar-refractivity contribution in [2.24, 2.45) is 0 Å². The first-order valence-corrected chi connectivity index (χ1v) is 6.60. The molecule has 0 saturated heterocycles. The maximum absolute atomic E-state index is 11.5. The van der Waals surface area contributed by atoms with E-state index in [9.17, 15) is 9.90 Å². The zero-order valence-corrected chi connectivity index (χ0v) is 11.5. The number of aromatic nitrogens is 1. The second kappa shape index (κ2) is 5.25. The smallest absolute Gasteiger partial charge is 0.339 e. The second-order valence-electron chi connectivity index (χ2n) is 4.81. The van der Waals surface area contributed by atoms with E-state index in [2.05, 4.69) is 10.3 Å². The highest BCUT2D eigenvalue weighted by Crippen LogP contribution is 2.30. The quantitative estimate of drug-likeness (QED) is 0.760. The summed E-state index contributed by atoms with van der Waals surface area (Å²) in [6.45, 7) is 1.98. The van der Waals surface area contributed by atoms with Crippen LogP contribution < -0.4 is 5.32 Å². The molecule has 1 aromatic heterocycles. The fourth-order valence-electron chi connectivity index (χ4n) is 2.29. The van der Waals surface area contributed by atoms with Crippen LogP contribution in [0, 0.1) is 6.92 Å². The van der Waals surface area contributed by atoms with Gasteiger partial charge in [0.2, 0.25) is 0 Å². The molecule has 0 radical (unpaired) electrons. The Hall–Kier alpha value is -2.88. The number of para-hydroxylation sites is 2. The predicted octanol–water partition coefficient (Wildman–Crippen LogP) is 3.99. The minimum absolute atomic E-state index is 0.164. The predicted molar refractivity (Wildman–Crippen MR) is 83.2 cm³/mol.